The second kappa shape index (κ2) is 6.72. The van der Waals surface area contributed by atoms with E-state index in [0.717, 1.165) is 0 Å². The van der Waals surface area contributed by atoms with E-state index in [1.54, 1.807) is 19.1 Å². The first-order valence-corrected chi connectivity index (χ1v) is 5.86. The molecule has 0 aliphatic heterocycles. The molecular formula is C13H19NO5. The maximum absolute atomic E-state index is 11.0. The molecule has 0 saturated carbocycles. The number of benzene rings is 1. The number of carboxylic acids is 1. The highest BCUT2D eigenvalue weighted by molar-refractivity contribution is 5.78. The average molecular weight is 269 g/mol. The fourth-order valence-corrected chi connectivity index (χ4v) is 1.70. The molecule has 0 fully saturated rings. The lowest BCUT2D eigenvalue weighted by molar-refractivity contribution is -0.137. The molecule has 0 aliphatic carbocycles. The Morgan fingerprint density at radius 1 is 1.21 bits per heavy atom. The van der Waals surface area contributed by atoms with Crippen LogP contribution in [0.15, 0.2) is 12.1 Å². The Balaban J connectivity index is 3.12. The molecule has 1 aromatic rings. The Morgan fingerprint density at radius 2 is 1.74 bits per heavy atom. The Hall–Kier alpha value is -2.11. The molecule has 0 aromatic heterocycles. The summed E-state index contributed by atoms with van der Waals surface area (Å²) in [4.78, 5) is 11.0. The predicted octanol–water partition coefficient (Wildman–Crippen LogP) is 1.99. The first-order chi connectivity index (χ1) is 9.07. The van der Waals surface area contributed by atoms with Crippen molar-refractivity contribution in [2.75, 3.05) is 26.6 Å². The number of anilines is 1. The van der Waals surface area contributed by atoms with Crippen molar-refractivity contribution in [3.8, 4) is 17.2 Å². The number of hydrogen-bond acceptors (Lipinski definition) is 5. The van der Waals surface area contributed by atoms with Crippen molar-refractivity contribution in [3.05, 3.63) is 12.1 Å². The van der Waals surface area contributed by atoms with Crippen LogP contribution in [0.1, 0.15) is 13.3 Å². The minimum absolute atomic E-state index is 0.464. The van der Waals surface area contributed by atoms with Crippen LogP contribution >= 0.6 is 0 Å². The van der Waals surface area contributed by atoms with Crippen LogP contribution in [0.2, 0.25) is 0 Å². The van der Waals surface area contributed by atoms with Gasteiger partial charge in [-0.1, -0.05) is 6.92 Å². The van der Waals surface area contributed by atoms with Crippen LogP contribution in [-0.2, 0) is 4.79 Å². The summed E-state index contributed by atoms with van der Waals surface area (Å²) in [5.74, 6) is 0.518. The molecule has 0 amide bonds. The number of carboxylic acid groups (broad SMARTS) is 1. The fraction of sp³-hybridized carbons (Fsp3) is 0.462. The number of methoxy groups -OCH3 is 3. The molecule has 2 N–H and O–H groups in total. The van der Waals surface area contributed by atoms with Crippen LogP contribution < -0.4 is 19.5 Å². The highest BCUT2D eigenvalue weighted by Gasteiger charge is 2.18. The second-order valence-electron chi connectivity index (χ2n) is 3.86. The van der Waals surface area contributed by atoms with Crippen LogP contribution in [0.4, 0.5) is 5.69 Å². The summed E-state index contributed by atoms with van der Waals surface area (Å²) in [6, 6.07) is 2.68. The van der Waals surface area contributed by atoms with Gasteiger partial charge in [0.15, 0.2) is 11.5 Å². The molecule has 0 saturated heterocycles. The van der Waals surface area contributed by atoms with E-state index in [4.69, 9.17) is 19.3 Å². The molecule has 1 unspecified atom stereocenters. The summed E-state index contributed by atoms with van der Waals surface area (Å²) in [5, 5.41) is 12.0. The SMILES string of the molecule is CCC(Nc1cc(OC)c(OC)c(OC)c1)C(=O)O. The number of aliphatic carboxylic acids is 1. The first kappa shape index (κ1) is 14.9. The van der Waals surface area contributed by atoms with Gasteiger partial charge in [-0.05, 0) is 6.42 Å². The van der Waals surface area contributed by atoms with Gasteiger partial charge in [0.05, 0.1) is 21.3 Å². The molecule has 106 valence electrons. The summed E-state index contributed by atoms with van der Waals surface area (Å²) in [6.45, 7) is 1.80. The normalized spacial score (nSPS) is 11.6. The molecule has 0 bridgehead atoms. The van der Waals surface area contributed by atoms with Crippen LogP contribution in [0.5, 0.6) is 17.2 Å². The van der Waals surface area contributed by atoms with Crippen LogP contribution in [0, 0.1) is 0 Å². The molecule has 0 aliphatic rings. The monoisotopic (exact) mass is 269 g/mol. The number of nitrogens with one attached hydrogen (secondary N) is 1. The standard InChI is InChI=1S/C13H19NO5/c1-5-9(13(15)16)14-8-6-10(17-2)12(19-4)11(7-8)18-3/h6-7,9,14H,5H2,1-4H3,(H,15,16). The minimum Gasteiger partial charge on any atom is -0.493 e. The number of ether oxygens (including phenoxy) is 3. The van der Waals surface area contributed by atoms with E-state index in [1.807, 2.05) is 0 Å². The van der Waals surface area contributed by atoms with E-state index < -0.39 is 12.0 Å². The maximum atomic E-state index is 11.0. The van der Waals surface area contributed by atoms with E-state index in [0.29, 0.717) is 29.4 Å². The summed E-state index contributed by atoms with van der Waals surface area (Å²) in [7, 11) is 4.53. The van der Waals surface area contributed by atoms with Gasteiger partial charge in [-0.25, -0.2) is 4.79 Å². The third-order valence-corrected chi connectivity index (χ3v) is 2.71. The smallest absolute Gasteiger partial charge is 0.326 e. The Kier molecular flexibility index (Phi) is 5.29. The van der Waals surface area contributed by atoms with E-state index in [1.165, 1.54) is 21.3 Å². The zero-order valence-electron chi connectivity index (χ0n) is 11.5. The molecule has 1 atom stereocenters. The zero-order valence-corrected chi connectivity index (χ0v) is 11.5. The van der Waals surface area contributed by atoms with Crippen LogP contribution in [-0.4, -0.2) is 38.4 Å². The molecule has 0 heterocycles. The van der Waals surface area contributed by atoms with Gasteiger partial charge in [-0.2, -0.15) is 0 Å². The lowest BCUT2D eigenvalue weighted by Crippen LogP contribution is -2.28. The Bertz CT molecular complexity index is 422. The van der Waals surface area contributed by atoms with Gasteiger partial charge in [-0.3, -0.25) is 0 Å². The number of carbonyl (C=O) groups is 1. The summed E-state index contributed by atoms with van der Waals surface area (Å²) >= 11 is 0. The van der Waals surface area contributed by atoms with E-state index in [2.05, 4.69) is 5.32 Å². The zero-order chi connectivity index (χ0) is 14.4. The van der Waals surface area contributed by atoms with E-state index in [9.17, 15) is 4.79 Å². The van der Waals surface area contributed by atoms with Crippen LogP contribution in [0.3, 0.4) is 0 Å². The lowest BCUT2D eigenvalue weighted by Gasteiger charge is -2.17. The third-order valence-electron chi connectivity index (χ3n) is 2.71. The highest BCUT2D eigenvalue weighted by atomic mass is 16.5. The van der Waals surface area contributed by atoms with Crippen LogP contribution in [0.25, 0.3) is 0 Å². The van der Waals surface area contributed by atoms with Crippen molar-refractivity contribution in [3.63, 3.8) is 0 Å². The van der Waals surface area contributed by atoms with E-state index in [-0.39, 0.29) is 0 Å². The van der Waals surface area contributed by atoms with Gasteiger partial charge in [-0.15, -0.1) is 0 Å². The lowest BCUT2D eigenvalue weighted by atomic mass is 10.2. The predicted molar refractivity (Wildman–Crippen MR) is 71.4 cm³/mol. The van der Waals surface area contributed by atoms with Gasteiger partial charge in [0.25, 0.3) is 0 Å². The molecule has 0 spiro atoms. The quantitative estimate of drug-likeness (QED) is 0.788. The average Bonchev–Trinajstić information content (AvgIpc) is 2.42. The summed E-state index contributed by atoms with van der Waals surface area (Å²) in [5.41, 5.74) is 0.601. The van der Waals surface area contributed by atoms with Crippen molar-refractivity contribution < 1.29 is 24.1 Å². The van der Waals surface area contributed by atoms with Crippen molar-refractivity contribution in [1.29, 1.82) is 0 Å². The van der Waals surface area contributed by atoms with Gasteiger partial charge in [0.2, 0.25) is 5.75 Å². The fourth-order valence-electron chi connectivity index (χ4n) is 1.70. The molecule has 0 radical (unpaired) electrons. The number of hydrogen-bond donors (Lipinski definition) is 2. The van der Waals surface area contributed by atoms with Gasteiger partial charge >= 0.3 is 5.97 Å². The first-order valence-electron chi connectivity index (χ1n) is 5.86. The van der Waals surface area contributed by atoms with Crippen molar-refractivity contribution in [2.45, 2.75) is 19.4 Å². The van der Waals surface area contributed by atoms with Gasteiger partial charge < -0.3 is 24.6 Å². The highest BCUT2D eigenvalue weighted by Crippen LogP contribution is 2.40. The summed E-state index contributed by atoms with van der Waals surface area (Å²) in [6.07, 6.45) is 0.464. The molecule has 1 rings (SSSR count). The van der Waals surface area contributed by atoms with Crippen molar-refractivity contribution in [1.82, 2.24) is 0 Å². The molecule has 1 aromatic carbocycles. The number of rotatable bonds is 7. The maximum Gasteiger partial charge on any atom is 0.326 e. The minimum atomic E-state index is -0.906. The summed E-state index contributed by atoms with van der Waals surface area (Å²) < 4.78 is 15.6. The third kappa shape index (κ3) is 3.43. The van der Waals surface area contributed by atoms with Gasteiger partial charge in [0.1, 0.15) is 6.04 Å². The van der Waals surface area contributed by atoms with E-state index >= 15 is 0 Å². The van der Waals surface area contributed by atoms with Crippen molar-refractivity contribution >= 4 is 11.7 Å². The molecule has 6 nitrogen and oxygen atoms in total. The molecule has 19 heavy (non-hydrogen) atoms. The Labute approximate surface area is 112 Å². The molecule has 6 heteroatoms. The topological polar surface area (TPSA) is 77.0 Å². The Morgan fingerprint density at radius 3 is 2.05 bits per heavy atom. The second-order valence-corrected chi connectivity index (χ2v) is 3.86. The largest absolute Gasteiger partial charge is 0.493 e. The molecular weight excluding hydrogens is 250 g/mol. The van der Waals surface area contributed by atoms with Crippen molar-refractivity contribution in [2.24, 2.45) is 0 Å². The van der Waals surface area contributed by atoms with Gasteiger partial charge in [0, 0.05) is 17.8 Å².